The van der Waals surface area contributed by atoms with E-state index in [0.717, 1.165) is 6.20 Å². The summed E-state index contributed by atoms with van der Waals surface area (Å²) in [6.45, 7) is 1.73. The number of carbonyl (C=O) groups is 1. The van der Waals surface area contributed by atoms with E-state index in [9.17, 15) is 13.2 Å². The van der Waals surface area contributed by atoms with Crippen LogP contribution in [0.2, 0.25) is 0 Å². The lowest BCUT2D eigenvalue weighted by Crippen LogP contribution is -2.18. The fourth-order valence-electron chi connectivity index (χ4n) is 1.91. The van der Waals surface area contributed by atoms with Crippen LogP contribution in [0.4, 0.5) is 5.69 Å². The Bertz CT molecular complexity index is 831. The minimum Gasteiger partial charge on any atom is -0.497 e. The van der Waals surface area contributed by atoms with E-state index in [4.69, 9.17) is 14.2 Å². The van der Waals surface area contributed by atoms with Gasteiger partial charge in [-0.1, -0.05) is 0 Å². The fraction of sp³-hybridized carbons (Fsp3) is 0.286. The second-order valence-electron chi connectivity index (χ2n) is 4.50. The van der Waals surface area contributed by atoms with Gasteiger partial charge in [-0.15, -0.1) is 0 Å². The molecule has 0 atom stereocenters. The van der Waals surface area contributed by atoms with Crippen molar-refractivity contribution in [3.8, 4) is 11.5 Å². The van der Waals surface area contributed by atoms with Crippen molar-refractivity contribution in [2.45, 2.75) is 11.9 Å². The lowest BCUT2D eigenvalue weighted by atomic mass is 10.3. The maximum absolute atomic E-state index is 12.5. The first kappa shape index (κ1) is 17.6. The van der Waals surface area contributed by atoms with Crippen molar-refractivity contribution in [1.29, 1.82) is 0 Å². The van der Waals surface area contributed by atoms with Gasteiger partial charge in [-0.3, -0.25) is 9.82 Å². The van der Waals surface area contributed by atoms with Crippen LogP contribution < -0.4 is 14.2 Å². The SMILES string of the molecule is CCOC(=O)c1cn[nH]c1S(=O)(=O)Nc1ccc(OC)cc1OC. The van der Waals surface area contributed by atoms with E-state index in [2.05, 4.69) is 14.9 Å². The van der Waals surface area contributed by atoms with E-state index >= 15 is 0 Å². The Hall–Kier alpha value is -2.75. The number of aromatic amines is 1. The third-order valence-corrected chi connectivity index (χ3v) is 4.36. The number of nitrogens with one attached hydrogen (secondary N) is 2. The van der Waals surface area contributed by atoms with Gasteiger partial charge in [0, 0.05) is 6.07 Å². The molecule has 0 fully saturated rings. The van der Waals surface area contributed by atoms with Crippen molar-refractivity contribution in [2.24, 2.45) is 0 Å². The second kappa shape index (κ2) is 7.21. The van der Waals surface area contributed by atoms with Gasteiger partial charge in [0.2, 0.25) is 0 Å². The second-order valence-corrected chi connectivity index (χ2v) is 6.12. The van der Waals surface area contributed by atoms with Crippen LogP contribution in [0.25, 0.3) is 0 Å². The Kier molecular flexibility index (Phi) is 5.29. The summed E-state index contributed by atoms with van der Waals surface area (Å²) in [5, 5.41) is 5.52. The largest absolute Gasteiger partial charge is 0.497 e. The summed E-state index contributed by atoms with van der Waals surface area (Å²) in [5.41, 5.74) is -0.000428. The molecular weight excluding hydrogens is 338 g/mol. The Morgan fingerprint density at radius 1 is 1.29 bits per heavy atom. The van der Waals surface area contributed by atoms with E-state index in [1.54, 1.807) is 13.0 Å². The molecule has 0 amide bonds. The highest BCUT2D eigenvalue weighted by Crippen LogP contribution is 2.31. The minimum atomic E-state index is -4.11. The molecule has 0 aliphatic carbocycles. The maximum Gasteiger partial charge on any atom is 0.342 e. The van der Waals surface area contributed by atoms with Crippen molar-refractivity contribution in [3.63, 3.8) is 0 Å². The van der Waals surface area contributed by atoms with E-state index in [0.29, 0.717) is 5.75 Å². The van der Waals surface area contributed by atoms with Crippen molar-refractivity contribution in [1.82, 2.24) is 10.2 Å². The Labute approximate surface area is 139 Å². The number of sulfonamides is 1. The van der Waals surface area contributed by atoms with Crippen LogP contribution >= 0.6 is 0 Å². The average molecular weight is 355 g/mol. The van der Waals surface area contributed by atoms with Gasteiger partial charge < -0.3 is 14.2 Å². The number of hydrogen-bond donors (Lipinski definition) is 2. The number of esters is 1. The summed E-state index contributed by atoms with van der Waals surface area (Å²) < 4.78 is 42.4. The highest BCUT2D eigenvalue weighted by molar-refractivity contribution is 7.92. The predicted molar refractivity (Wildman–Crippen MR) is 84.9 cm³/mol. The molecule has 10 heteroatoms. The number of nitrogens with zero attached hydrogens (tertiary/aromatic N) is 1. The summed E-state index contributed by atoms with van der Waals surface area (Å²) in [5.74, 6) is -0.0213. The van der Waals surface area contributed by atoms with E-state index < -0.39 is 16.0 Å². The molecule has 9 nitrogen and oxygen atoms in total. The molecule has 1 heterocycles. The van der Waals surface area contributed by atoms with Crippen LogP contribution in [-0.2, 0) is 14.8 Å². The molecule has 24 heavy (non-hydrogen) atoms. The zero-order valence-electron chi connectivity index (χ0n) is 13.3. The summed E-state index contributed by atoms with van der Waals surface area (Å²) >= 11 is 0. The summed E-state index contributed by atoms with van der Waals surface area (Å²) in [7, 11) is -1.23. The minimum absolute atomic E-state index is 0.114. The Balaban J connectivity index is 2.36. The van der Waals surface area contributed by atoms with Crippen LogP contribution in [0.3, 0.4) is 0 Å². The topological polar surface area (TPSA) is 120 Å². The van der Waals surface area contributed by atoms with Gasteiger partial charge >= 0.3 is 5.97 Å². The number of rotatable bonds is 7. The number of methoxy groups -OCH3 is 2. The molecule has 0 saturated heterocycles. The third-order valence-electron chi connectivity index (χ3n) is 3.02. The summed E-state index contributed by atoms with van der Waals surface area (Å²) in [6, 6.07) is 4.58. The Morgan fingerprint density at radius 3 is 2.67 bits per heavy atom. The molecule has 2 N–H and O–H groups in total. The van der Waals surface area contributed by atoms with Crippen molar-refractivity contribution in [3.05, 3.63) is 30.0 Å². The molecule has 1 aromatic heterocycles. The molecular formula is C14H17N3O6S. The number of hydrogen-bond acceptors (Lipinski definition) is 7. The number of benzene rings is 1. The monoisotopic (exact) mass is 355 g/mol. The van der Waals surface area contributed by atoms with Crippen molar-refractivity contribution < 1.29 is 27.4 Å². The van der Waals surface area contributed by atoms with Crippen molar-refractivity contribution in [2.75, 3.05) is 25.5 Å². The molecule has 0 aliphatic rings. The van der Waals surface area contributed by atoms with Crippen LogP contribution in [-0.4, -0.2) is 45.4 Å². The number of carbonyl (C=O) groups excluding carboxylic acids is 1. The molecule has 0 bridgehead atoms. The van der Waals surface area contributed by atoms with Crippen LogP contribution in [0, 0.1) is 0 Å². The lowest BCUT2D eigenvalue weighted by molar-refractivity contribution is 0.0522. The molecule has 0 aliphatic heterocycles. The number of anilines is 1. The van der Waals surface area contributed by atoms with E-state index in [1.807, 2.05) is 0 Å². The summed E-state index contributed by atoms with van der Waals surface area (Å²) in [4.78, 5) is 11.8. The lowest BCUT2D eigenvalue weighted by Gasteiger charge is -2.12. The molecule has 0 unspecified atom stereocenters. The highest BCUT2D eigenvalue weighted by Gasteiger charge is 2.27. The van der Waals surface area contributed by atoms with Crippen LogP contribution in [0.5, 0.6) is 11.5 Å². The van der Waals surface area contributed by atoms with E-state index in [1.165, 1.54) is 26.4 Å². The Morgan fingerprint density at radius 2 is 2.04 bits per heavy atom. The zero-order valence-corrected chi connectivity index (χ0v) is 14.1. The molecule has 0 saturated carbocycles. The highest BCUT2D eigenvalue weighted by atomic mass is 32.2. The van der Waals surface area contributed by atoms with Gasteiger partial charge in [0.05, 0.1) is 32.7 Å². The predicted octanol–water partition coefficient (Wildman–Crippen LogP) is 1.40. The normalized spacial score (nSPS) is 11.0. The van der Waals surface area contributed by atoms with Crippen LogP contribution in [0.15, 0.2) is 29.4 Å². The standard InChI is InChI=1S/C14H17N3O6S/c1-4-23-14(18)10-8-15-16-13(10)24(19,20)17-11-6-5-9(21-2)7-12(11)22-3/h5-8,17H,4H2,1-3H3,(H,15,16). The summed E-state index contributed by atoms with van der Waals surface area (Å²) in [6.07, 6.45) is 1.10. The molecule has 130 valence electrons. The van der Waals surface area contributed by atoms with Gasteiger partial charge in [-0.25, -0.2) is 4.79 Å². The van der Waals surface area contributed by atoms with Gasteiger partial charge in [0.15, 0.2) is 5.03 Å². The van der Waals surface area contributed by atoms with Gasteiger partial charge in [-0.2, -0.15) is 13.5 Å². The molecule has 0 radical (unpaired) electrons. The zero-order chi connectivity index (χ0) is 17.7. The third kappa shape index (κ3) is 3.59. The molecule has 1 aromatic carbocycles. The maximum atomic E-state index is 12.5. The first-order valence-corrected chi connectivity index (χ1v) is 8.36. The molecule has 2 rings (SSSR count). The van der Waals surface area contributed by atoms with Gasteiger partial charge in [0.1, 0.15) is 17.1 Å². The smallest absolute Gasteiger partial charge is 0.342 e. The number of aromatic nitrogens is 2. The van der Waals surface area contributed by atoms with Crippen molar-refractivity contribution >= 4 is 21.7 Å². The number of H-pyrrole nitrogens is 1. The first-order chi connectivity index (χ1) is 11.4. The van der Waals surface area contributed by atoms with Crippen LogP contribution in [0.1, 0.15) is 17.3 Å². The molecule has 0 spiro atoms. The average Bonchev–Trinajstić information content (AvgIpc) is 3.06. The molecule has 2 aromatic rings. The van der Waals surface area contributed by atoms with E-state index in [-0.39, 0.29) is 28.6 Å². The first-order valence-electron chi connectivity index (χ1n) is 6.88. The van der Waals surface area contributed by atoms with Gasteiger partial charge in [-0.05, 0) is 19.1 Å². The quantitative estimate of drug-likeness (QED) is 0.720. The number of ether oxygens (including phenoxy) is 3. The fourth-order valence-corrected chi connectivity index (χ4v) is 3.07. The van der Waals surface area contributed by atoms with Gasteiger partial charge in [0.25, 0.3) is 10.0 Å².